The van der Waals surface area contributed by atoms with E-state index in [4.69, 9.17) is 4.74 Å². The monoisotopic (exact) mass is 484 g/mol. The minimum Gasteiger partial charge on any atom is -0.462 e. The van der Waals surface area contributed by atoms with Crippen LogP contribution in [0.25, 0.3) is 0 Å². The highest BCUT2D eigenvalue weighted by Crippen LogP contribution is 2.16. The van der Waals surface area contributed by atoms with Crippen LogP contribution in [0.3, 0.4) is 0 Å². The van der Waals surface area contributed by atoms with Gasteiger partial charge in [-0.05, 0) is 36.8 Å². The third kappa shape index (κ3) is 8.20. The largest absolute Gasteiger partial charge is 0.462 e. The first-order valence-corrected chi connectivity index (χ1v) is 12.0. The molecule has 2 unspecified atom stereocenters. The van der Waals surface area contributed by atoms with Gasteiger partial charge in [0, 0.05) is 31.1 Å². The maximum Gasteiger partial charge on any atom is 0.338 e. The average Bonchev–Trinajstić information content (AvgIpc) is 2.82. The van der Waals surface area contributed by atoms with Crippen LogP contribution in [0.15, 0.2) is 54.6 Å². The molecule has 0 aliphatic carbocycles. The Bertz CT molecular complexity index is 1000. The summed E-state index contributed by atoms with van der Waals surface area (Å²) in [6.45, 7) is 2.45. The molecule has 4 N–H and O–H groups in total. The number of ether oxygens (including phenoxy) is 1. The summed E-state index contributed by atoms with van der Waals surface area (Å²) in [5.41, 5.74) is 1.47. The van der Waals surface area contributed by atoms with E-state index in [0.717, 1.165) is 5.56 Å². The molecule has 3 rings (SSSR count). The third-order valence-corrected chi connectivity index (χ3v) is 5.95. The van der Waals surface area contributed by atoms with E-state index in [0.29, 0.717) is 24.4 Å². The van der Waals surface area contributed by atoms with Crippen molar-refractivity contribution in [1.29, 1.82) is 0 Å². The second kappa shape index (κ2) is 12.8. The van der Waals surface area contributed by atoms with Gasteiger partial charge in [-0.15, -0.1) is 11.8 Å². The highest BCUT2D eigenvalue weighted by Gasteiger charge is 2.28. The van der Waals surface area contributed by atoms with E-state index in [1.807, 2.05) is 30.3 Å². The van der Waals surface area contributed by atoms with Gasteiger partial charge in [0.15, 0.2) is 0 Å². The van der Waals surface area contributed by atoms with Crippen molar-refractivity contribution in [2.45, 2.75) is 37.8 Å². The zero-order valence-electron chi connectivity index (χ0n) is 18.8. The molecule has 1 aliphatic rings. The molecule has 0 spiro atoms. The number of carbonyl (C=O) groups is 4. The van der Waals surface area contributed by atoms with Gasteiger partial charge in [-0.2, -0.15) is 0 Å². The van der Waals surface area contributed by atoms with Crippen molar-refractivity contribution in [2.75, 3.05) is 17.7 Å². The smallest absolute Gasteiger partial charge is 0.338 e. The number of hydrogen-bond donors (Lipinski definition) is 4. The summed E-state index contributed by atoms with van der Waals surface area (Å²) < 4.78 is 4.93. The molecule has 0 bridgehead atoms. The minimum atomic E-state index is -0.481. The molecular formula is C24H28N4O5S. The summed E-state index contributed by atoms with van der Waals surface area (Å²) in [6.07, 6.45) is 0.352. The molecule has 0 radical (unpaired) electrons. The Hall–Kier alpha value is -3.37. The molecule has 1 fully saturated rings. The van der Waals surface area contributed by atoms with Gasteiger partial charge in [-0.3, -0.25) is 19.7 Å². The number of esters is 1. The molecule has 34 heavy (non-hydrogen) atoms. The molecule has 180 valence electrons. The zero-order valence-corrected chi connectivity index (χ0v) is 19.7. The fourth-order valence-electron chi connectivity index (χ4n) is 3.32. The summed E-state index contributed by atoms with van der Waals surface area (Å²) in [6, 6.07) is 15.7. The van der Waals surface area contributed by atoms with Gasteiger partial charge in [0.25, 0.3) is 0 Å². The number of benzene rings is 2. The van der Waals surface area contributed by atoms with E-state index < -0.39 is 11.5 Å². The lowest BCUT2D eigenvalue weighted by Crippen LogP contribution is -2.56. The van der Waals surface area contributed by atoms with Crippen LogP contribution in [0.5, 0.6) is 0 Å². The predicted octanol–water partition coefficient (Wildman–Crippen LogP) is 2.00. The van der Waals surface area contributed by atoms with Crippen LogP contribution in [0.2, 0.25) is 0 Å². The van der Waals surface area contributed by atoms with E-state index in [2.05, 4.69) is 21.3 Å². The van der Waals surface area contributed by atoms with Gasteiger partial charge >= 0.3 is 5.97 Å². The predicted molar refractivity (Wildman–Crippen MR) is 130 cm³/mol. The quantitative estimate of drug-likeness (QED) is 0.380. The molecule has 1 aliphatic heterocycles. The first-order chi connectivity index (χ1) is 16.4. The summed E-state index contributed by atoms with van der Waals surface area (Å²) >= 11 is 1.22. The minimum absolute atomic E-state index is 0.0878. The number of nitrogens with one attached hydrogen (secondary N) is 4. The molecule has 10 heteroatoms. The van der Waals surface area contributed by atoms with Crippen molar-refractivity contribution in [1.82, 2.24) is 16.0 Å². The van der Waals surface area contributed by atoms with Crippen LogP contribution < -0.4 is 21.3 Å². The first kappa shape index (κ1) is 25.3. The van der Waals surface area contributed by atoms with Gasteiger partial charge in [0.1, 0.15) is 5.50 Å². The Labute approximate surface area is 202 Å². The van der Waals surface area contributed by atoms with E-state index in [1.165, 1.54) is 11.8 Å². The molecule has 0 aromatic heterocycles. The van der Waals surface area contributed by atoms with Crippen LogP contribution in [0.1, 0.15) is 35.7 Å². The van der Waals surface area contributed by atoms with Crippen LogP contribution in [-0.4, -0.2) is 47.6 Å². The average molecular weight is 485 g/mol. The number of carbonyl (C=O) groups excluding carboxylic acids is 4. The zero-order chi connectivity index (χ0) is 24.3. The number of amides is 3. The van der Waals surface area contributed by atoms with Crippen molar-refractivity contribution in [3.8, 4) is 0 Å². The highest BCUT2D eigenvalue weighted by atomic mass is 32.2. The lowest BCUT2D eigenvalue weighted by atomic mass is 10.1. The number of thioether (sulfide) groups is 1. The van der Waals surface area contributed by atoms with Crippen molar-refractivity contribution in [3.63, 3.8) is 0 Å². The number of anilines is 1. The topological polar surface area (TPSA) is 126 Å². The van der Waals surface area contributed by atoms with Crippen LogP contribution >= 0.6 is 11.8 Å². The molecule has 2 aromatic carbocycles. The van der Waals surface area contributed by atoms with Gasteiger partial charge < -0.3 is 20.7 Å². The molecule has 1 saturated heterocycles. The lowest BCUT2D eigenvalue weighted by Gasteiger charge is -2.30. The summed E-state index contributed by atoms with van der Waals surface area (Å²) in [7, 11) is 0. The number of hydrogen-bond acceptors (Lipinski definition) is 7. The fourth-order valence-corrected chi connectivity index (χ4v) is 4.21. The van der Waals surface area contributed by atoms with E-state index in [9.17, 15) is 19.2 Å². The summed E-state index contributed by atoms with van der Waals surface area (Å²) in [5.74, 6) is -0.910. The third-order valence-electron chi connectivity index (χ3n) is 4.94. The SMILES string of the molecule is CCOC(=O)c1ccc(NC(=O)CSC2NC(=O)CC(CC(=O)NCc3ccccc3)N2)cc1. The Morgan fingerprint density at radius 1 is 1.06 bits per heavy atom. The summed E-state index contributed by atoms with van der Waals surface area (Å²) in [5, 5.41) is 11.6. The Kier molecular flexibility index (Phi) is 9.48. The second-order valence-electron chi connectivity index (χ2n) is 7.64. The van der Waals surface area contributed by atoms with Crippen molar-refractivity contribution >= 4 is 41.1 Å². The van der Waals surface area contributed by atoms with E-state index in [-0.39, 0.29) is 42.4 Å². The van der Waals surface area contributed by atoms with E-state index in [1.54, 1.807) is 31.2 Å². The molecule has 2 aromatic rings. The molecule has 9 nitrogen and oxygen atoms in total. The highest BCUT2D eigenvalue weighted by molar-refractivity contribution is 8.00. The maximum atomic E-state index is 12.3. The lowest BCUT2D eigenvalue weighted by molar-refractivity contribution is -0.125. The maximum absolute atomic E-state index is 12.3. The van der Waals surface area contributed by atoms with Crippen LogP contribution in [-0.2, 0) is 25.7 Å². The van der Waals surface area contributed by atoms with Crippen molar-refractivity contribution in [3.05, 3.63) is 65.7 Å². The fraction of sp³-hybridized carbons (Fsp3) is 0.333. The normalized spacial score (nSPS) is 17.4. The van der Waals surface area contributed by atoms with E-state index >= 15 is 0 Å². The van der Waals surface area contributed by atoms with Gasteiger partial charge in [0.05, 0.1) is 17.9 Å². The van der Waals surface area contributed by atoms with Gasteiger partial charge in [-0.1, -0.05) is 30.3 Å². The Morgan fingerprint density at radius 3 is 2.50 bits per heavy atom. The standard InChI is InChI=1S/C24H28N4O5S/c1-2-33-23(32)17-8-10-18(11-9-17)26-22(31)15-34-24-27-19(13-21(30)28-24)12-20(29)25-14-16-6-4-3-5-7-16/h3-11,19,24,27H,2,12-15H2,1H3,(H,25,29)(H,26,31)(H,28,30). The Balaban J connectivity index is 1.41. The number of rotatable bonds is 10. The van der Waals surface area contributed by atoms with Crippen LogP contribution in [0, 0.1) is 0 Å². The molecule has 1 heterocycles. The van der Waals surface area contributed by atoms with Crippen LogP contribution in [0.4, 0.5) is 5.69 Å². The van der Waals surface area contributed by atoms with Crippen molar-refractivity contribution < 1.29 is 23.9 Å². The Morgan fingerprint density at radius 2 is 1.79 bits per heavy atom. The van der Waals surface area contributed by atoms with Gasteiger partial charge in [-0.25, -0.2) is 4.79 Å². The second-order valence-corrected chi connectivity index (χ2v) is 8.73. The van der Waals surface area contributed by atoms with Crippen molar-refractivity contribution in [2.24, 2.45) is 0 Å². The molecular weight excluding hydrogens is 456 g/mol. The molecule has 0 saturated carbocycles. The first-order valence-electron chi connectivity index (χ1n) is 11.0. The van der Waals surface area contributed by atoms with Gasteiger partial charge in [0.2, 0.25) is 17.7 Å². The molecule has 3 amide bonds. The summed E-state index contributed by atoms with van der Waals surface area (Å²) in [4.78, 5) is 48.4. The molecule has 2 atom stereocenters.